The van der Waals surface area contributed by atoms with Crippen LogP contribution in [0.3, 0.4) is 0 Å². The standard InChI is InChI=1S/C15H17N3O3/c1-20-12-4-2-11(3-5-12)13-10-16-15(19)14(17-13)18-6-8-21-9-7-18/h2-5,10H,6-9H2,1H3,(H,16,19). The van der Waals surface area contributed by atoms with Gasteiger partial charge in [0.25, 0.3) is 5.56 Å². The second-order valence-electron chi connectivity index (χ2n) is 4.77. The largest absolute Gasteiger partial charge is 0.497 e. The van der Waals surface area contributed by atoms with E-state index in [4.69, 9.17) is 9.47 Å². The third-order valence-corrected chi connectivity index (χ3v) is 3.47. The summed E-state index contributed by atoms with van der Waals surface area (Å²) < 4.78 is 10.4. The number of rotatable bonds is 3. The first-order valence-electron chi connectivity index (χ1n) is 6.85. The third-order valence-electron chi connectivity index (χ3n) is 3.47. The summed E-state index contributed by atoms with van der Waals surface area (Å²) in [5.41, 5.74) is 1.49. The van der Waals surface area contributed by atoms with Crippen molar-refractivity contribution in [2.24, 2.45) is 0 Å². The number of morpholine rings is 1. The Morgan fingerprint density at radius 3 is 2.62 bits per heavy atom. The van der Waals surface area contributed by atoms with E-state index in [-0.39, 0.29) is 5.56 Å². The molecule has 0 saturated carbocycles. The normalized spacial score (nSPS) is 15.0. The van der Waals surface area contributed by atoms with Crippen molar-refractivity contribution < 1.29 is 9.47 Å². The van der Waals surface area contributed by atoms with Gasteiger partial charge in [-0.2, -0.15) is 0 Å². The highest BCUT2D eigenvalue weighted by molar-refractivity contribution is 5.61. The van der Waals surface area contributed by atoms with Gasteiger partial charge in [0.1, 0.15) is 5.75 Å². The zero-order valence-corrected chi connectivity index (χ0v) is 11.8. The van der Waals surface area contributed by atoms with Crippen LogP contribution in [-0.2, 0) is 4.74 Å². The van der Waals surface area contributed by atoms with E-state index in [9.17, 15) is 4.79 Å². The molecule has 0 atom stereocenters. The summed E-state index contributed by atoms with van der Waals surface area (Å²) in [4.78, 5) is 21.2. The van der Waals surface area contributed by atoms with E-state index in [1.54, 1.807) is 13.3 Å². The molecular formula is C15H17N3O3. The van der Waals surface area contributed by atoms with Gasteiger partial charge in [-0.15, -0.1) is 0 Å². The molecule has 0 spiro atoms. The first kappa shape index (κ1) is 13.6. The lowest BCUT2D eigenvalue weighted by Crippen LogP contribution is -2.40. The number of hydrogen-bond donors (Lipinski definition) is 1. The second-order valence-corrected chi connectivity index (χ2v) is 4.77. The molecule has 1 N–H and O–H groups in total. The average molecular weight is 287 g/mol. The lowest BCUT2D eigenvalue weighted by Gasteiger charge is -2.27. The maximum atomic E-state index is 12.0. The zero-order valence-electron chi connectivity index (χ0n) is 11.8. The van der Waals surface area contributed by atoms with E-state index in [0.29, 0.717) is 32.1 Å². The van der Waals surface area contributed by atoms with Crippen molar-refractivity contribution in [2.75, 3.05) is 38.3 Å². The Bertz CT molecular complexity index is 661. The van der Waals surface area contributed by atoms with Crippen LogP contribution in [0.25, 0.3) is 11.3 Å². The van der Waals surface area contributed by atoms with E-state index >= 15 is 0 Å². The number of hydrogen-bond acceptors (Lipinski definition) is 5. The molecule has 1 fully saturated rings. The van der Waals surface area contributed by atoms with Crippen molar-refractivity contribution in [3.05, 3.63) is 40.8 Å². The fourth-order valence-corrected chi connectivity index (χ4v) is 2.29. The molecule has 1 aliphatic rings. The number of H-pyrrole nitrogens is 1. The lowest BCUT2D eigenvalue weighted by atomic mass is 10.1. The molecule has 1 aromatic heterocycles. The fraction of sp³-hybridized carbons (Fsp3) is 0.333. The highest BCUT2D eigenvalue weighted by atomic mass is 16.5. The van der Waals surface area contributed by atoms with Crippen LogP contribution in [-0.4, -0.2) is 43.4 Å². The van der Waals surface area contributed by atoms with E-state index in [2.05, 4.69) is 9.97 Å². The Hall–Kier alpha value is -2.34. The minimum Gasteiger partial charge on any atom is -0.497 e. The van der Waals surface area contributed by atoms with Gasteiger partial charge in [0.05, 0.1) is 26.0 Å². The molecular weight excluding hydrogens is 270 g/mol. The van der Waals surface area contributed by atoms with Gasteiger partial charge in [-0.25, -0.2) is 4.98 Å². The van der Waals surface area contributed by atoms with Gasteiger partial charge in [0.15, 0.2) is 5.82 Å². The van der Waals surface area contributed by atoms with Crippen molar-refractivity contribution in [1.82, 2.24) is 9.97 Å². The first-order chi connectivity index (χ1) is 10.3. The molecule has 2 aromatic rings. The van der Waals surface area contributed by atoms with Gasteiger partial charge in [-0.1, -0.05) is 0 Å². The van der Waals surface area contributed by atoms with Crippen LogP contribution in [0.5, 0.6) is 5.75 Å². The minimum absolute atomic E-state index is 0.172. The van der Waals surface area contributed by atoms with Crippen molar-refractivity contribution in [1.29, 1.82) is 0 Å². The van der Waals surface area contributed by atoms with Crippen LogP contribution in [0.2, 0.25) is 0 Å². The summed E-state index contributed by atoms with van der Waals surface area (Å²) in [6.07, 6.45) is 1.63. The van der Waals surface area contributed by atoms with Crippen molar-refractivity contribution in [2.45, 2.75) is 0 Å². The molecule has 0 unspecified atom stereocenters. The monoisotopic (exact) mass is 287 g/mol. The number of aromatic amines is 1. The van der Waals surface area contributed by atoms with Crippen LogP contribution < -0.4 is 15.2 Å². The summed E-state index contributed by atoms with van der Waals surface area (Å²) >= 11 is 0. The maximum Gasteiger partial charge on any atom is 0.290 e. The Balaban J connectivity index is 1.94. The molecule has 0 amide bonds. The molecule has 110 valence electrons. The quantitative estimate of drug-likeness (QED) is 0.921. The molecule has 6 nitrogen and oxygen atoms in total. The third kappa shape index (κ3) is 2.90. The Labute approximate surface area is 122 Å². The SMILES string of the molecule is COc1ccc(-c2c[nH]c(=O)c(N3CCOCC3)n2)cc1. The number of nitrogens with zero attached hydrogens (tertiary/aromatic N) is 2. The Kier molecular flexibility index (Phi) is 3.87. The average Bonchev–Trinajstić information content (AvgIpc) is 2.56. The van der Waals surface area contributed by atoms with E-state index in [1.165, 1.54) is 0 Å². The van der Waals surface area contributed by atoms with E-state index in [1.807, 2.05) is 29.2 Å². The number of aromatic nitrogens is 2. The maximum absolute atomic E-state index is 12.0. The van der Waals surface area contributed by atoms with E-state index in [0.717, 1.165) is 17.0 Å². The van der Waals surface area contributed by atoms with Crippen LogP contribution >= 0.6 is 0 Å². The number of benzene rings is 1. The molecule has 6 heteroatoms. The zero-order chi connectivity index (χ0) is 14.7. The summed E-state index contributed by atoms with van der Waals surface area (Å²) in [5.74, 6) is 1.24. The summed E-state index contributed by atoms with van der Waals surface area (Å²) in [6, 6.07) is 7.58. The van der Waals surface area contributed by atoms with Gasteiger partial charge < -0.3 is 19.4 Å². The van der Waals surface area contributed by atoms with Crippen LogP contribution in [0.15, 0.2) is 35.3 Å². The molecule has 0 bridgehead atoms. The first-order valence-corrected chi connectivity index (χ1v) is 6.85. The number of nitrogens with one attached hydrogen (secondary N) is 1. The van der Waals surface area contributed by atoms with Crippen LogP contribution in [0.4, 0.5) is 5.82 Å². The molecule has 0 aliphatic carbocycles. The van der Waals surface area contributed by atoms with Crippen molar-refractivity contribution in [3.63, 3.8) is 0 Å². The Morgan fingerprint density at radius 1 is 1.24 bits per heavy atom. The predicted molar refractivity (Wildman–Crippen MR) is 79.9 cm³/mol. The van der Waals surface area contributed by atoms with Crippen molar-refractivity contribution >= 4 is 5.82 Å². The number of methoxy groups -OCH3 is 1. The van der Waals surface area contributed by atoms with Gasteiger partial charge in [-0.05, 0) is 24.3 Å². The van der Waals surface area contributed by atoms with Gasteiger partial charge in [-0.3, -0.25) is 4.79 Å². The molecule has 0 radical (unpaired) electrons. The van der Waals surface area contributed by atoms with Gasteiger partial charge >= 0.3 is 0 Å². The molecule has 21 heavy (non-hydrogen) atoms. The van der Waals surface area contributed by atoms with Crippen LogP contribution in [0.1, 0.15) is 0 Å². The van der Waals surface area contributed by atoms with Crippen molar-refractivity contribution in [3.8, 4) is 17.0 Å². The summed E-state index contributed by atoms with van der Waals surface area (Å²) in [5, 5.41) is 0. The number of ether oxygens (including phenoxy) is 2. The highest BCUT2D eigenvalue weighted by Gasteiger charge is 2.16. The smallest absolute Gasteiger partial charge is 0.290 e. The lowest BCUT2D eigenvalue weighted by molar-refractivity contribution is 0.122. The molecule has 1 saturated heterocycles. The summed E-state index contributed by atoms with van der Waals surface area (Å²) in [6.45, 7) is 2.60. The highest BCUT2D eigenvalue weighted by Crippen LogP contribution is 2.21. The Morgan fingerprint density at radius 2 is 1.95 bits per heavy atom. The van der Waals surface area contributed by atoms with Crippen LogP contribution in [0, 0.1) is 0 Å². The van der Waals surface area contributed by atoms with Gasteiger partial charge in [0, 0.05) is 24.8 Å². The topological polar surface area (TPSA) is 67.5 Å². The second kappa shape index (κ2) is 5.97. The molecule has 1 aliphatic heterocycles. The number of anilines is 1. The molecule has 1 aromatic carbocycles. The van der Waals surface area contributed by atoms with Gasteiger partial charge in [0.2, 0.25) is 0 Å². The fourth-order valence-electron chi connectivity index (χ4n) is 2.29. The molecule has 2 heterocycles. The predicted octanol–water partition coefficient (Wildman–Crippen LogP) is 1.28. The summed E-state index contributed by atoms with van der Waals surface area (Å²) in [7, 11) is 1.63. The molecule has 3 rings (SSSR count). The minimum atomic E-state index is -0.172. The van der Waals surface area contributed by atoms with E-state index < -0.39 is 0 Å².